The van der Waals surface area contributed by atoms with Crippen LogP contribution in [0.25, 0.3) is 11.0 Å². The zero-order chi connectivity index (χ0) is 14.7. The van der Waals surface area contributed by atoms with E-state index in [-0.39, 0.29) is 0 Å². The summed E-state index contributed by atoms with van der Waals surface area (Å²) in [6.45, 7) is 1.43. The molecule has 0 radical (unpaired) electrons. The van der Waals surface area contributed by atoms with E-state index in [0.29, 0.717) is 19.8 Å². The second-order valence-electron chi connectivity index (χ2n) is 4.83. The predicted molar refractivity (Wildman–Crippen MR) is 86.7 cm³/mol. The Hall–Kier alpha value is -1.62. The van der Waals surface area contributed by atoms with Crippen LogP contribution in [0.15, 0.2) is 57.4 Å². The van der Waals surface area contributed by atoms with Gasteiger partial charge < -0.3 is 14.9 Å². The fourth-order valence-corrected chi connectivity index (χ4v) is 2.82. The first-order valence-corrected chi connectivity index (χ1v) is 7.59. The molecule has 1 heterocycles. The number of halogens is 1. The van der Waals surface area contributed by atoms with Gasteiger partial charge in [-0.15, -0.1) is 0 Å². The Morgan fingerprint density at radius 1 is 1.05 bits per heavy atom. The molecule has 0 atom stereocenters. The third-order valence-corrected chi connectivity index (χ3v) is 3.86. The van der Waals surface area contributed by atoms with Crippen molar-refractivity contribution < 1.29 is 9.15 Å². The smallest absolute Gasteiger partial charge is 0.134 e. The Labute approximate surface area is 131 Å². The van der Waals surface area contributed by atoms with E-state index in [2.05, 4.69) is 22.0 Å². The number of benzene rings is 2. The monoisotopic (exact) mass is 345 g/mol. The highest BCUT2D eigenvalue weighted by Crippen LogP contribution is 2.26. The normalized spacial score (nSPS) is 11.1. The molecule has 0 aliphatic heterocycles. The Bertz CT molecular complexity index is 751. The lowest BCUT2D eigenvalue weighted by Gasteiger charge is -2.05. The van der Waals surface area contributed by atoms with Crippen LogP contribution in [0.3, 0.4) is 0 Å². The average Bonchev–Trinajstić information content (AvgIpc) is 2.86. The number of fused-ring (bicyclic) bond motifs is 1. The average molecular weight is 346 g/mol. The van der Waals surface area contributed by atoms with Gasteiger partial charge in [0.25, 0.3) is 0 Å². The van der Waals surface area contributed by atoms with Crippen molar-refractivity contribution in [3.63, 3.8) is 0 Å². The van der Waals surface area contributed by atoms with E-state index in [4.69, 9.17) is 14.9 Å². The van der Waals surface area contributed by atoms with E-state index in [1.165, 1.54) is 0 Å². The molecule has 2 aromatic carbocycles. The van der Waals surface area contributed by atoms with Crippen molar-refractivity contribution >= 4 is 26.9 Å². The molecule has 0 saturated heterocycles. The summed E-state index contributed by atoms with van der Waals surface area (Å²) >= 11 is 3.46. The number of hydrogen-bond acceptors (Lipinski definition) is 3. The molecule has 0 aliphatic carbocycles. The lowest BCUT2D eigenvalue weighted by Crippen LogP contribution is -2.01. The molecular weight excluding hydrogens is 330 g/mol. The summed E-state index contributed by atoms with van der Waals surface area (Å²) in [5.41, 5.74) is 8.80. The highest BCUT2D eigenvalue weighted by molar-refractivity contribution is 9.10. The minimum Gasteiger partial charge on any atom is -0.459 e. The summed E-state index contributed by atoms with van der Waals surface area (Å²) in [4.78, 5) is 0. The highest BCUT2D eigenvalue weighted by atomic mass is 79.9. The van der Waals surface area contributed by atoms with E-state index in [0.717, 1.165) is 32.3 Å². The Morgan fingerprint density at radius 3 is 2.71 bits per heavy atom. The number of para-hydroxylation sites is 1. The molecule has 2 N–H and O–H groups in total. The predicted octanol–water partition coefficient (Wildman–Crippen LogP) is 4.37. The van der Waals surface area contributed by atoms with Crippen LogP contribution in [0.1, 0.15) is 16.9 Å². The molecule has 0 bridgehead atoms. The van der Waals surface area contributed by atoms with Crippen LogP contribution >= 0.6 is 15.9 Å². The molecule has 21 heavy (non-hydrogen) atoms. The van der Waals surface area contributed by atoms with Gasteiger partial charge >= 0.3 is 0 Å². The van der Waals surface area contributed by atoms with E-state index < -0.39 is 0 Å². The molecule has 108 valence electrons. The summed E-state index contributed by atoms with van der Waals surface area (Å²) in [5.74, 6) is 0.797. The molecule has 0 unspecified atom stereocenters. The van der Waals surface area contributed by atoms with Crippen molar-refractivity contribution in [3.8, 4) is 0 Å². The third kappa shape index (κ3) is 3.18. The molecule has 3 aromatic rings. The Kier molecular flexibility index (Phi) is 4.39. The van der Waals surface area contributed by atoms with Crippen molar-refractivity contribution in [1.82, 2.24) is 0 Å². The first-order valence-electron chi connectivity index (χ1n) is 6.79. The minimum atomic E-state index is 0.379. The molecule has 4 heteroatoms. The number of rotatable bonds is 5. The number of ether oxygens (including phenoxy) is 1. The van der Waals surface area contributed by atoms with Crippen molar-refractivity contribution in [3.05, 3.63) is 69.9 Å². The van der Waals surface area contributed by atoms with Gasteiger partial charge in [-0.25, -0.2) is 0 Å². The van der Waals surface area contributed by atoms with Crippen molar-refractivity contribution in [2.45, 2.75) is 19.8 Å². The standard InChI is InChI=1S/C17H16BrNO2/c18-13-5-3-4-12(8-13)10-20-11-15-14-6-1-2-7-16(14)21-17(15)9-19/h1-8H,9-11,19H2. The quantitative estimate of drug-likeness (QED) is 0.746. The number of furan rings is 1. The fourth-order valence-electron chi connectivity index (χ4n) is 2.37. The molecule has 0 amide bonds. The Morgan fingerprint density at radius 2 is 1.90 bits per heavy atom. The van der Waals surface area contributed by atoms with Crippen LogP contribution in [-0.2, 0) is 24.5 Å². The largest absolute Gasteiger partial charge is 0.459 e. The zero-order valence-electron chi connectivity index (χ0n) is 11.5. The molecule has 3 rings (SSSR count). The Balaban J connectivity index is 1.75. The fraction of sp³-hybridized carbons (Fsp3) is 0.176. The van der Waals surface area contributed by atoms with Crippen molar-refractivity contribution in [2.24, 2.45) is 5.73 Å². The second kappa shape index (κ2) is 6.43. The molecular formula is C17H16BrNO2. The van der Waals surface area contributed by atoms with Crippen LogP contribution in [0.4, 0.5) is 0 Å². The van der Waals surface area contributed by atoms with E-state index >= 15 is 0 Å². The van der Waals surface area contributed by atoms with Crippen molar-refractivity contribution in [1.29, 1.82) is 0 Å². The summed E-state index contributed by atoms with van der Waals surface area (Å²) in [7, 11) is 0. The van der Waals surface area contributed by atoms with Crippen LogP contribution in [0.5, 0.6) is 0 Å². The number of nitrogens with two attached hydrogens (primary N) is 1. The van der Waals surface area contributed by atoms with Gasteiger partial charge in [-0.05, 0) is 23.8 Å². The van der Waals surface area contributed by atoms with Crippen LogP contribution in [0, 0.1) is 0 Å². The first-order chi connectivity index (χ1) is 10.3. The van der Waals surface area contributed by atoms with E-state index in [1.807, 2.05) is 42.5 Å². The topological polar surface area (TPSA) is 48.4 Å². The molecule has 0 saturated carbocycles. The first kappa shape index (κ1) is 14.3. The minimum absolute atomic E-state index is 0.379. The maximum atomic E-state index is 5.83. The lowest BCUT2D eigenvalue weighted by atomic mass is 10.1. The molecule has 0 aliphatic rings. The molecule has 0 spiro atoms. The van der Waals surface area contributed by atoms with Gasteiger partial charge in [0.05, 0.1) is 19.8 Å². The summed E-state index contributed by atoms with van der Waals surface area (Å²) < 4.78 is 12.6. The summed E-state index contributed by atoms with van der Waals surface area (Å²) in [5, 5.41) is 1.08. The second-order valence-corrected chi connectivity index (χ2v) is 5.74. The van der Waals surface area contributed by atoms with Crippen LogP contribution in [0.2, 0.25) is 0 Å². The number of hydrogen-bond donors (Lipinski definition) is 1. The van der Waals surface area contributed by atoms with Gasteiger partial charge in [0.15, 0.2) is 0 Å². The molecule has 1 aromatic heterocycles. The summed E-state index contributed by atoms with van der Waals surface area (Å²) in [6.07, 6.45) is 0. The van der Waals surface area contributed by atoms with Crippen LogP contribution in [-0.4, -0.2) is 0 Å². The van der Waals surface area contributed by atoms with Gasteiger partial charge in [-0.3, -0.25) is 0 Å². The lowest BCUT2D eigenvalue weighted by molar-refractivity contribution is 0.106. The molecule has 3 nitrogen and oxygen atoms in total. The van der Waals surface area contributed by atoms with Crippen LogP contribution < -0.4 is 5.73 Å². The van der Waals surface area contributed by atoms with Crippen molar-refractivity contribution in [2.75, 3.05) is 0 Å². The van der Waals surface area contributed by atoms with Gasteiger partial charge in [0.1, 0.15) is 11.3 Å². The summed E-state index contributed by atoms with van der Waals surface area (Å²) in [6, 6.07) is 16.0. The van der Waals surface area contributed by atoms with Gasteiger partial charge in [-0.1, -0.05) is 46.3 Å². The van der Waals surface area contributed by atoms with Gasteiger partial charge in [0, 0.05) is 15.4 Å². The van der Waals surface area contributed by atoms with Gasteiger partial charge in [-0.2, -0.15) is 0 Å². The third-order valence-electron chi connectivity index (χ3n) is 3.37. The maximum absolute atomic E-state index is 5.83. The highest BCUT2D eigenvalue weighted by Gasteiger charge is 2.12. The van der Waals surface area contributed by atoms with E-state index in [9.17, 15) is 0 Å². The van der Waals surface area contributed by atoms with Gasteiger partial charge in [0.2, 0.25) is 0 Å². The van der Waals surface area contributed by atoms with E-state index in [1.54, 1.807) is 0 Å². The molecule has 0 fully saturated rings. The zero-order valence-corrected chi connectivity index (χ0v) is 13.1. The maximum Gasteiger partial charge on any atom is 0.134 e. The SMILES string of the molecule is NCc1oc2ccccc2c1COCc1cccc(Br)c1.